The zero-order chi connectivity index (χ0) is 17.3. The molecule has 0 atom stereocenters. The molecule has 0 aromatic heterocycles. The molecular formula is C15H11F3N2O3S. The summed E-state index contributed by atoms with van der Waals surface area (Å²) in [5, 5.41) is 12.8. The van der Waals surface area contributed by atoms with Crippen LogP contribution in [0.5, 0.6) is 11.5 Å². The molecule has 1 heterocycles. The molecule has 0 unspecified atom stereocenters. The number of hydrogen-bond acceptors (Lipinski definition) is 6. The minimum Gasteiger partial charge on any atom is -0.505 e. The number of rotatable bonds is 5. The van der Waals surface area contributed by atoms with Gasteiger partial charge in [-0.25, -0.2) is 0 Å². The predicted octanol–water partition coefficient (Wildman–Crippen LogP) is 4.66. The van der Waals surface area contributed by atoms with Crippen molar-refractivity contribution < 1.29 is 23.0 Å². The predicted molar refractivity (Wildman–Crippen MR) is 83.0 cm³/mol. The molecule has 0 amide bonds. The van der Waals surface area contributed by atoms with Crippen molar-refractivity contribution >= 4 is 23.1 Å². The second-order valence-corrected chi connectivity index (χ2v) is 6.16. The Hall–Kier alpha value is -2.42. The lowest BCUT2D eigenvalue weighted by atomic mass is 10.2. The van der Waals surface area contributed by atoms with E-state index in [0.29, 0.717) is 15.5 Å². The molecule has 2 aromatic rings. The molecule has 0 bridgehead atoms. The van der Waals surface area contributed by atoms with Crippen molar-refractivity contribution in [2.75, 3.05) is 18.0 Å². The van der Waals surface area contributed by atoms with Crippen LogP contribution < -0.4 is 9.64 Å². The van der Waals surface area contributed by atoms with Crippen LogP contribution in [-0.4, -0.2) is 24.6 Å². The second kappa shape index (κ2) is 6.23. The topological polar surface area (TPSA) is 61.9 Å². The van der Waals surface area contributed by atoms with Crippen molar-refractivity contribution in [3.63, 3.8) is 0 Å². The highest BCUT2D eigenvalue weighted by molar-refractivity contribution is 7.99. The van der Waals surface area contributed by atoms with E-state index in [1.54, 1.807) is 12.1 Å². The molecule has 0 radical (unpaired) electrons. The quantitative estimate of drug-likeness (QED) is 0.624. The van der Waals surface area contributed by atoms with E-state index in [9.17, 15) is 23.2 Å². The zero-order valence-electron chi connectivity index (χ0n) is 12.1. The highest BCUT2D eigenvalue weighted by Crippen LogP contribution is 2.44. The first-order valence-corrected chi connectivity index (χ1v) is 7.66. The van der Waals surface area contributed by atoms with E-state index in [1.807, 2.05) is 4.90 Å². The van der Waals surface area contributed by atoms with Gasteiger partial charge in [0.1, 0.15) is 11.5 Å². The van der Waals surface area contributed by atoms with Gasteiger partial charge >= 0.3 is 6.36 Å². The van der Waals surface area contributed by atoms with Crippen LogP contribution in [0.25, 0.3) is 0 Å². The van der Waals surface area contributed by atoms with Crippen molar-refractivity contribution in [2.45, 2.75) is 16.2 Å². The first-order valence-electron chi connectivity index (χ1n) is 6.85. The summed E-state index contributed by atoms with van der Waals surface area (Å²) in [6.45, 7) is 1.51. The molecule has 0 saturated carbocycles. The second-order valence-electron chi connectivity index (χ2n) is 5.01. The van der Waals surface area contributed by atoms with Gasteiger partial charge in [0.05, 0.1) is 5.69 Å². The highest BCUT2D eigenvalue weighted by atomic mass is 32.2. The van der Waals surface area contributed by atoms with Crippen molar-refractivity contribution in [1.82, 2.24) is 0 Å². The van der Waals surface area contributed by atoms with Crippen LogP contribution in [0.2, 0.25) is 0 Å². The lowest BCUT2D eigenvalue weighted by molar-refractivity contribution is -0.274. The largest absolute Gasteiger partial charge is 0.573 e. The number of benzene rings is 2. The average Bonchev–Trinajstić information content (AvgIpc) is 3.29. The maximum absolute atomic E-state index is 12.3. The molecular weight excluding hydrogens is 345 g/mol. The Balaban J connectivity index is 1.86. The Morgan fingerprint density at radius 3 is 2.54 bits per heavy atom. The van der Waals surface area contributed by atoms with Gasteiger partial charge < -0.3 is 14.7 Å². The third-order valence-corrected chi connectivity index (χ3v) is 4.16. The molecule has 0 aliphatic carbocycles. The standard InChI is InChI=1S/C15H11F3N2O3S/c16-15(17,18)23-9-2-1-3-10(6-9)24-11-7-12(20-4-5-20)14(19-22)13(21)8-11/h1-3,6-8,21H,4-5H2. The highest BCUT2D eigenvalue weighted by Gasteiger charge is 2.31. The molecule has 24 heavy (non-hydrogen) atoms. The van der Waals surface area contributed by atoms with E-state index < -0.39 is 6.36 Å². The molecule has 2 aromatic carbocycles. The van der Waals surface area contributed by atoms with Gasteiger partial charge in [0.25, 0.3) is 0 Å². The van der Waals surface area contributed by atoms with Crippen LogP contribution in [0.3, 0.4) is 0 Å². The van der Waals surface area contributed by atoms with Crippen LogP contribution in [0, 0.1) is 4.91 Å². The third-order valence-electron chi connectivity index (χ3n) is 3.20. The maximum Gasteiger partial charge on any atom is 0.573 e. The number of aromatic hydroxyl groups is 1. The van der Waals surface area contributed by atoms with Gasteiger partial charge in [0.15, 0.2) is 5.69 Å². The van der Waals surface area contributed by atoms with E-state index in [-0.39, 0.29) is 17.2 Å². The molecule has 1 saturated heterocycles. The summed E-state index contributed by atoms with van der Waals surface area (Å²) in [5.74, 6) is -0.589. The number of nitrogens with zero attached hydrogens (tertiary/aromatic N) is 2. The van der Waals surface area contributed by atoms with Gasteiger partial charge in [-0.05, 0) is 35.5 Å². The number of phenolic OH excluding ortho intramolecular Hbond substituents is 1. The van der Waals surface area contributed by atoms with Gasteiger partial charge in [-0.2, -0.15) is 0 Å². The molecule has 1 aliphatic rings. The summed E-state index contributed by atoms with van der Waals surface area (Å²) in [6.07, 6.45) is -4.76. The SMILES string of the molecule is O=Nc1c(O)cc(Sc2cccc(OC(F)(F)F)c2)cc1N1CC1. The van der Waals surface area contributed by atoms with E-state index in [4.69, 9.17) is 0 Å². The fourth-order valence-corrected chi connectivity index (χ4v) is 3.07. The average molecular weight is 356 g/mol. The summed E-state index contributed by atoms with van der Waals surface area (Å²) in [7, 11) is 0. The lowest BCUT2D eigenvalue weighted by Crippen LogP contribution is -2.17. The number of alkyl halides is 3. The van der Waals surface area contributed by atoms with E-state index in [1.165, 1.54) is 24.3 Å². The smallest absolute Gasteiger partial charge is 0.505 e. The Labute approximate surface area is 139 Å². The minimum absolute atomic E-state index is 0.0361. The van der Waals surface area contributed by atoms with Gasteiger partial charge in [0.2, 0.25) is 0 Å². The summed E-state index contributed by atoms with van der Waals surface area (Å²) in [4.78, 5) is 13.8. The molecule has 3 rings (SSSR count). The van der Waals surface area contributed by atoms with Crippen LogP contribution in [0.4, 0.5) is 24.5 Å². The lowest BCUT2D eigenvalue weighted by Gasteiger charge is -2.12. The Kier molecular flexibility index (Phi) is 4.27. The first-order chi connectivity index (χ1) is 11.4. The van der Waals surface area contributed by atoms with Gasteiger partial charge in [-0.15, -0.1) is 18.1 Å². The number of anilines is 1. The Morgan fingerprint density at radius 1 is 1.17 bits per heavy atom. The van der Waals surface area contributed by atoms with E-state index >= 15 is 0 Å². The molecule has 1 N–H and O–H groups in total. The van der Waals surface area contributed by atoms with Gasteiger partial charge in [0, 0.05) is 22.9 Å². The van der Waals surface area contributed by atoms with Crippen LogP contribution in [0.15, 0.2) is 51.4 Å². The van der Waals surface area contributed by atoms with Crippen LogP contribution in [0.1, 0.15) is 0 Å². The maximum atomic E-state index is 12.3. The van der Waals surface area contributed by atoms with Crippen molar-refractivity contribution in [3.05, 3.63) is 41.3 Å². The van der Waals surface area contributed by atoms with Gasteiger partial charge in [-0.3, -0.25) is 0 Å². The zero-order valence-corrected chi connectivity index (χ0v) is 12.9. The number of phenols is 1. The van der Waals surface area contributed by atoms with Crippen molar-refractivity contribution in [1.29, 1.82) is 0 Å². The molecule has 0 spiro atoms. The van der Waals surface area contributed by atoms with E-state index in [2.05, 4.69) is 9.91 Å². The van der Waals surface area contributed by atoms with Gasteiger partial charge in [-0.1, -0.05) is 17.8 Å². The van der Waals surface area contributed by atoms with Crippen molar-refractivity contribution in [3.8, 4) is 11.5 Å². The number of ether oxygens (including phenoxy) is 1. The molecule has 1 aliphatic heterocycles. The van der Waals surface area contributed by atoms with E-state index in [0.717, 1.165) is 24.9 Å². The summed E-state index contributed by atoms with van der Waals surface area (Å²) < 4.78 is 40.7. The number of hydrogen-bond donors (Lipinski definition) is 1. The normalized spacial score (nSPS) is 13.7. The number of nitroso groups, excluding NO2 is 1. The molecule has 126 valence electrons. The van der Waals surface area contributed by atoms with Crippen LogP contribution in [-0.2, 0) is 0 Å². The number of halogens is 3. The Bertz CT molecular complexity index is 779. The van der Waals surface area contributed by atoms with Crippen LogP contribution >= 0.6 is 11.8 Å². The molecule has 5 nitrogen and oxygen atoms in total. The third kappa shape index (κ3) is 3.91. The Morgan fingerprint density at radius 2 is 1.92 bits per heavy atom. The summed E-state index contributed by atoms with van der Waals surface area (Å²) in [6, 6.07) is 8.54. The summed E-state index contributed by atoms with van der Waals surface area (Å²) >= 11 is 1.14. The monoisotopic (exact) mass is 356 g/mol. The fourth-order valence-electron chi connectivity index (χ4n) is 2.13. The summed E-state index contributed by atoms with van der Waals surface area (Å²) in [5.41, 5.74) is 0.473. The molecule has 9 heteroatoms. The first kappa shape index (κ1) is 16.4. The fraction of sp³-hybridized carbons (Fsp3) is 0.200. The molecule has 1 fully saturated rings. The minimum atomic E-state index is -4.76. The van der Waals surface area contributed by atoms with Crippen molar-refractivity contribution in [2.24, 2.45) is 5.18 Å².